The fourth-order valence-electron chi connectivity index (χ4n) is 3.49. The normalized spacial score (nSPS) is 27.6. The maximum atomic E-state index is 12.4. The second-order valence-electron chi connectivity index (χ2n) is 6.24. The number of nitrogens with zero attached hydrogens (tertiary/aromatic N) is 1. The van der Waals surface area contributed by atoms with Crippen molar-refractivity contribution in [3.63, 3.8) is 0 Å². The van der Waals surface area contributed by atoms with Crippen LogP contribution in [0.15, 0.2) is 0 Å². The maximum absolute atomic E-state index is 12.4. The van der Waals surface area contributed by atoms with Crippen molar-refractivity contribution in [3.05, 3.63) is 0 Å². The fraction of sp³-hybridized carbons (Fsp3) is 0.875. The van der Waals surface area contributed by atoms with Crippen molar-refractivity contribution in [2.75, 3.05) is 13.2 Å². The summed E-state index contributed by atoms with van der Waals surface area (Å²) in [7, 11) is 0. The molecule has 2 rings (SSSR count). The highest BCUT2D eigenvalue weighted by atomic mass is 16.3. The molecule has 1 N–H and O–H groups in total. The third-order valence-corrected chi connectivity index (χ3v) is 4.78. The van der Waals surface area contributed by atoms with Crippen LogP contribution in [0, 0.1) is 5.92 Å². The van der Waals surface area contributed by atoms with E-state index >= 15 is 0 Å². The number of aliphatic hydroxyl groups is 1. The molecule has 2 fully saturated rings. The van der Waals surface area contributed by atoms with E-state index in [1.165, 1.54) is 19.3 Å². The van der Waals surface area contributed by atoms with Crippen molar-refractivity contribution in [3.8, 4) is 0 Å². The monoisotopic (exact) mass is 281 g/mol. The second kappa shape index (κ2) is 7.77. The summed E-state index contributed by atoms with van der Waals surface area (Å²) in [4.78, 5) is 26.4. The number of Topliss-reactive ketones (excluding diaryl/α,β-unsaturated/α-hetero) is 1. The predicted octanol–water partition coefficient (Wildman–Crippen LogP) is 2.29. The van der Waals surface area contributed by atoms with Crippen LogP contribution >= 0.6 is 0 Å². The van der Waals surface area contributed by atoms with Crippen LogP contribution in [0.1, 0.15) is 64.2 Å². The van der Waals surface area contributed by atoms with Crippen LogP contribution < -0.4 is 0 Å². The topological polar surface area (TPSA) is 57.6 Å². The molecule has 0 bridgehead atoms. The van der Waals surface area contributed by atoms with Gasteiger partial charge in [-0.3, -0.25) is 9.59 Å². The summed E-state index contributed by atoms with van der Waals surface area (Å²) in [6.07, 6.45) is 10.7. The molecular weight excluding hydrogens is 254 g/mol. The zero-order valence-electron chi connectivity index (χ0n) is 12.4. The summed E-state index contributed by atoms with van der Waals surface area (Å²) < 4.78 is 0. The smallest absolute Gasteiger partial charge is 0.290 e. The molecule has 20 heavy (non-hydrogen) atoms. The van der Waals surface area contributed by atoms with Gasteiger partial charge in [-0.2, -0.15) is 0 Å². The van der Waals surface area contributed by atoms with Crippen molar-refractivity contribution in [2.24, 2.45) is 5.92 Å². The Morgan fingerprint density at radius 1 is 0.900 bits per heavy atom. The number of hydrogen-bond donors (Lipinski definition) is 1. The highest BCUT2D eigenvalue weighted by molar-refractivity contribution is 6.37. The lowest BCUT2D eigenvalue weighted by atomic mass is 9.91. The standard InChI is InChI=1S/C16H27NO3/c18-12-13-8-6-7-11-17(16(20)15(13)19)14-9-4-2-1-3-5-10-14/h13-14,18H,1-12H2. The minimum absolute atomic E-state index is 0.191. The summed E-state index contributed by atoms with van der Waals surface area (Å²) in [5, 5.41) is 9.28. The minimum atomic E-state index is -0.473. The summed E-state index contributed by atoms with van der Waals surface area (Å²) in [5.74, 6) is -1.18. The van der Waals surface area contributed by atoms with Gasteiger partial charge in [0.1, 0.15) is 0 Å². The molecule has 0 spiro atoms. The molecule has 4 nitrogen and oxygen atoms in total. The van der Waals surface area contributed by atoms with Gasteiger partial charge in [0.2, 0.25) is 5.78 Å². The molecule has 1 amide bonds. The van der Waals surface area contributed by atoms with E-state index in [9.17, 15) is 14.7 Å². The average molecular weight is 281 g/mol. The quantitative estimate of drug-likeness (QED) is 0.790. The Balaban J connectivity index is 2.06. The maximum Gasteiger partial charge on any atom is 0.290 e. The molecule has 114 valence electrons. The molecule has 1 aliphatic heterocycles. The number of likely N-dealkylation sites (tertiary alicyclic amines) is 1. The van der Waals surface area contributed by atoms with E-state index in [1.807, 2.05) is 4.90 Å². The van der Waals surface area contributed by atoms with Crippen molar-refractivity contribution in [1.82, 2.24) is 4.90 Å². The lowest BCUT2D eigenvalue weighted by molar-refractivity contribution is -0.150. The van der Waals surface area contributed by atoms with Crippen LogP contribution in [0.3, 0.4) is 0 Å². The van der Waals surface area contributed by atoms with E-state index in [2.05, 4.69) is 0 Å². The summed E-state index contributed by atoms with van der Waals surface area (Å²) in [6, 6.07) is 0.240. The van der Waals surface area contributed by atoms with Gasteiger partial charge in [-0.15, -0.1) is 0 Å². The Hall–Kier alpha value is -0.900. The Morgan fingerprint density at radius 3 is 2.15 bits per heavy atom. The molecule has 1 atom stereocenters. The summed E-state index contributed by atoms with van der Waals surface area (Å²) >= 11 is 0. The van der Waals surface area contributed by atoms with Crippen LogP contribution in [-0.2, 0) is 9.59 Å². The number of carbonyl (C=O) groups is 2. The number of hydrogen-bond acceptors (Lipinski definition) is 3. The Labute approximate surface area is 121 Å². The van der Waals surface area contributed by atoms with Gasteiger partial charge in [-0.05, 0) is 25.7 Å². The summed E-state index contributed by atoms with van der Waals surface area (Å²) in [6.45, 7) is 0.524. The van der Waals surface area contributed by atoms with Crippen molar-refractivity contribution >= 4 is 11.7 Å². The molecule has 0 aromatic carbocycles. The van der Waals surface area contributed by atoms with Crippen molar-refractivity contribution in [2.45, 2.75) is 70.3 Å². The van der Waals surface area contributed by atoms with Gasteiger partial charge in [-0.25, -0.2) is 0 Å². The van der Waals surface area contributed by atoms with Crippen LogP contribution in [0.2, 0.25) is 0 Å². The van der Waals surface area contributed by atoms with E-state index in [-0.39, 0.29) is 24.3 Å². The molecule has 1 unspecified atom stereocenters. The zero-order chi connectivity index (χ0) is 14.4. The molecule has 0 aromatic rings. The largest absolute Gasteiger partial charge is 0.396 e. The highest BCUT2D eigenvalue weighted by Crippen LogP contribution is 2.24. The molecule has 1 saturated heterocycles. The number of amides is 1. The predicted molar refractivity (Wildman–Crippen MR) is 77.3 cm³/mol. The van der Waals surface area contributed by atoms with Gasteiger partial charge in [-0.1, -0.05) is 38.5 Å². The van der Waals surface area contributed by atoms with Gasteiger partial charge >= 0.3 is 0 Å². The summed E-state index contributed by atoms with van der Waals surface area (Å²) in [5.41, 5.74) is 0. The molecule has 2 aliphatic rings. The Morgan fingerprint density at radius 2 is 1.50 bits per heavy atom. The van der Waals surface area contributed by atoms with E-state index in [1.54, 1.807) is 0 Å². The first-order chi connectivity index (χ1) is 9.74. The Kier molecular flexibility index (Phi) is 6.02. The molecule has 4 heteroatoms. The second-order valence-corrected chi connectivity index (χ2v) is 6.24. The third kappa shape index (κ3) is 3.81. The van der Waals surface area contributed by atoms with Gasteiger partial charge in [0, 0.05) is 12.6 Å². The van der Waals surface area contributed by atoms with Gasteiger partial charge in [0.15, 0.2) is 0 Å². The van der Waals surface area contributed by atoms with E-state index in [0.29, 0.717) is 13.0 Å². The first kappa shape index (κ1) is 15.5. The van der Waals surface area contributed by atoms with E-state index in [4.69, 9.17) is 0 Å². The van der Waals surface area contributed by atoms with Gasteiger partial charge in [0.05, 0.1) is 12.5 Å². The molecule has 0 radical (unpaired) electrons. The molecule has 1 saturated carbocycles. The SMILES string of the molecule is O=C1C(=O)N(C2CCCCCCC2)CCCCC1CO. The third-order valence-electron chi connectivity index (χ3n) is 4.78. The number of ketones is 1. The lowest BCUT2D eigenvalue weighted by Gasteiger charge is -2.34. The van der Waals surface area contributed by atoms with Crippen molar-refractivity contribution < 1.29 is 14.7 Å². The minimum Gasteiger partial charge on any atom is -0.396 e. The number of carbonyl (C=O) groups excluding carboxylic acids is 2. The van der Waals surface area contributed by atoms with Crippen LogP contribution in [0.5, 0.6) is 0 Å². The number of aliphatic hydroxyl groups excluding tert-OH is 1. The Bertz CT molecular complexity index is 335. The first-order valence-electron chi connectivity index (χ1n) is 8.19. The highest BCUT2D eigenvalue weighted by Gasteiger charge is 2.33. The van der Waals surface area contributed by atoms with Crippen LogP contribution in [0.25, 0.3) is 0 Å². The fourth-order valence-corrected chi connectivity index (χ4v) is 3.49. The molecule has 0 aromatic heterocycles. The average Bonchev–Trinajstić information content (AvgIpc) is 2.41. The van der Waals surface area contributed by atoms with E-state index in [0.717, 1.165) is 38.5 Å². The molecular formula is C16H27NO3. The molecule has 1 aliphatic carbocycles. The van der Waals surface area contributed by atoms with Gasteiger partial charge < -0.3 is 10.0 Å². The number of rotatable bonds is 2. The van der Waals surface area contributed by atoms with Gasteiger partial charge in [0.25, 0.3) is 5.91 Å². The zero-order valence-corrected chi connectivity index (χ0v) is 12.4. The molecule has 1 heterocycles. The van der Waals surface area contributed by atoms with Crippen molar-refractivity contribution in [1.29, 1.82) is 0 Å². The van der Waals surface area contributed by atoms with Crippen LogP contribution in [-0.4, -0.2) is 40.9 Å². The first-order valence-corrected chi connectivity index (χ1v) is 8.19. The lowest BCUT2D eigenvalue weighted by Crippen LogP contribution is -2.48. The van der Waals surface area contributed by atoms with Crippen LogP contribution in [0.4, 0.5) is 0 Å². The van der Waals surface area contributed by atoms with E-state index < -0.39 is 5.92 Å².